The Hall–Kier alpha value is -2.82. The highest BCUT2D eigenvalue weighted by Crippen LogP contribution is 2.24. The molecule has 4 N–H and O–H groups in total. The Bertz CT molecular complexity index is 1030. The van der Waals surface area contributed by atoms with E-state index in [1.165, 1.54) is 5.38 Å². The monoisotopic (exact) mass is 496 g/mol. The van der Waals surface area contributed by atoms with Gasteiger partial charge in [-0.3, -0.25) is 23.7 Å². The fourth-order valence-corrected chi connectivity index (χ4v) is 4.17. The van der Waals surface area contributed by atoms with Gasteiger partial charge in [-0.2, -0.15) is 8.42 Å². The van der Waals surface area contributed by atoms with Crippen molar-refractivity contribution in [2.75, 3.05) is 24.9 Å². The van der Waals surface area contributed by atoms with E-state index in [0.717, 1.165) is 25.4 Å². The summed E-state index contributed by atoms with van der Waals surface area (Å²) in [5.41, 5.74) is -0.382. The van der Waals surface area contributed by atoms with Crippen LogP contribution in [0.15, 0.2) is 10.5 Å². The molecule has 170 valence electrons. The first-order chi connectivity index (χ1) is 14.5. The number of alkyl halides is 1. The summed E-state index contributed by atoms with van der Waals surface area (Å²) in [5, 5.41) is 12.0. The van der Waals surface area contributed by atoms with Crippen molar-refractivity contribution in [3.05, 3.63) is 11.1 Å². The first-order valence-corrected chi connectivity index (χ1v) is 11.1. The number of nitrogens with zero attached hydrogens (tertiary/aromatic N) is 3. The van der Waals surface area contributed by atoms with E-state index in [4.69, 9.17) is 11.6 Å². The SMILES string of the molecule is CON=C(C(=O)N[C@@H]1C(=O)N(S(=O)(=O)O)[C@@H]1CNC(C)=O)c1csc(NC(=O)CCl)n1. The zero-order valence-corrected chi connectivity index (χ0v) is 18.4. The van der Waals surface area contributed by atoms with Gasteiger partial charge in [0.25, 0.3) is 11.8 Å². The Labute approximate surface area is 184 Å². The molecular weight excluding hydrogens is 480 g/mol. The van der Waals surface area contributed by atoms with Crippen molar-refractivity contribution < 1.29 is 37.0 Å². The number of β-lactam (4-membered cyclic amide) rings is 1. The number of hydrogen-bond acceptors (Lipinski definition) is 10. The molecule has 1 aliphatic rings. The minimum absolute atomic E-state index is 0.00829. The lowest BCUT2D eigenvalue weighted by Gasteiger charge is -2.44. The molecule has 0 aromatic carbocycles. The number of rotatable bonds is 9. The van der Waals surface area contributed by atoms with Gasteiger partial charge < -0.3 is 20.8 Å². The largest absolute Gasteiger partial charge is 0.398 e. The van der Waals surface area contributed by atoms with Gasteiger partial charge in [0.1, 0.15) is 24.7 Å². The van der Waals surface area contributed by atoms with E-state index in [1.54, 1.807) is 0 Å². The van der Waals surface area contributed by atoms with E-state index < -0.39 is 46.0 Å². The Morgan fingerprint density at radius 3 is 2.65 bits per heavy atom. The number of halogens is 1. The van der Waals surface area contributed by atoms with Gasteiger partial charge >= 0.3 is 10.3 Å². The van der Waals surface area contributed by atoms with Gasteiger partial charge in [0.15, 0.2) is 10.8 Å². The third-order valence-corrected chi connectivity index (χ3v) is 5.73. The summed E-state index contributed by atoms with van der Waals surface area (Å²) in [6.45, 7) is 0.811. The van der Waals surface area contributed by atoms with E-state index in [0.29, 0.717) is 0 Å². The molecule has 2 rings (SSSR count). The molecule has 0 saturated carbocycles. The van der Waals surface area contributed by atoms with Crippen LogP contribution in [-0.2, 0) is 34.3 Å². The van der Waals surface area contributed by atoms with Crippen LogP contribution in [0.2, 0.25) is 0 Å². The molecule has 0 unspecified atom stereocenters. The maximum atomic E-state index is 12.7. The minimum Gasteiger partial charge on any atom is -0.398 e. The van der Waals surface area contributed by atoms with Crippen LogP contribution in [0.1, 0.15) is 12.6 Å². The second kappa shape index (κ2) is 9.99. The summed E-state index contributed by atoms with van der Waals surface area (Å²) in [4.78, 5) is 56.0. The number of carbonyl (C=O) groups excluding carboxylic acids is 4. The molecule has 1 aromatic heterocycles. The summed E-state index contributed by atoms with van der Waals surface area (Å²) in [6, 6.07) is -2.66. The number of hydrogen-bond donors (Lipinski definition) is 4. The topological polar surface area (TPSA) is 196 Å². The summed E-state index contributed by atoms with van der Waals surface area (Å²) in [5.74, 6) is -3.42. The average molecular weight is 497 g/mol. The third-order valence-electron chi connectivity index (χ3n) is 3.78. The molecule has 1 fully saturated rings. The normalized spacial score (nSPS) is 18.8. The fraction of sp³-hybridized carbons (Fsp3) is 0.429. The number of nitrogens with one attached hydrogen (secondary N) is 3. The number of thiazole rings is 1. The van der Waals surface area contributed by atoms with Gasteiger partial charge in [-0.1, -0.05) is 5.16 Å². The van der Waals surface area contributed by atoms with Crippen molar-refractivity contribution in [3.63, 3.8) is 0 Å². The highest BCUT2D eigenvalue weighted by atomic mass is 35.5. The van der Waals surface area contributed by atoms with E-state index >= 15 is 0 Å². The van der Waals surface area contributed by atoms with Crippen LogP contribution in [0.4, 0.5) is 5.13 Å². The molecule has 0 spiro atoms. The molecule has 31 heavy (non-hydrogen) atoms. The fourth-order valence-electron chi connectivity index (χ4n) is 2.51. The Kier molecular flexibility index (Phi) is 7.88. The van der Waals surface area contributed by atoms with Gasteiger partial charge in [-0.15, -0.1) is 22.9 Å². The second-order valence-electron chi connectivity index (χ2n) is 5.91. The molecule has 1 aliphatic heterocycles. The molecule has 2 heterocycles. The number of aromatic nitrogens is 1. The quantitative estimate of drug-likeness (QED) is 0.101. The number of anilines is 1. The zero-order valence-electron chi connectivity index (χ0n) is 16.0. The van der Waals surface area contributed by atoms with E-state index in [1.807, 2.05) is 0 Å². The molecule has 14 nitrogen and oxygen atoms in total. The molecule has 2 atom stereocenters. The average Bonchev–Trinajstić information content (AvgIpc) is 3.13. The molecule has 0 bridgehead atoms. The van der Waals surface area contributed by atoms with Gasteiger partial charge in [-0.25, -0.2) is 9.29 Å². The standard InChI is InChI=1S/C14H17ClN6O8S2/c1-6(22)16-4-8-11(13(25)21(8)31(26,27)28)19-12(24)10(20-29-2)7-5-30-14(17-7)18-9(23)3-15/h5,8,11H,3-4H2,1-2H3,(H,16,22)(H,19,24)(H,17,18,23)(H,26,27,28)/t8-,11+/m1/s1. The van der Waals surface area contributed by atoms with Crippen molar-refractivity contribution in [1.82, 2.24) is 19.9 Å². The van der Waals surface area contributed by atoms with Crippen molar-refractivity contribution in [3.8, 4) is 0 Å². The maximum Gasteiger partial charge on any atom is 0.362 e. The van der Waals surface area contributed by atoms with Crippen LogP contribution >= 0.6 is 22.9 Å². The summed E-state index contributed by atoms with van der Waals surface area (Å²) >= 11 is 6.37. The van der Waals surface area contributed by atoms with Gasteiger partial charge in [0.2, 0.25) is 11.8 Å². The Balaban J connectivity index is 2.21. The molecule has 4 amide bonds. The summed E-state index contributed by atoms with van der Waals surface area (Å²) in [6.07, 6.45) is 0. The predicted molar refractivity (Wildman–Crippen MR) is 108 cm³/mol. The van der Waals surface area contributed by atoms with Gasteiger partial charge in [0.05, 0.1) is 6.04 Å². The zero-order chi connectivity index (χ0) is 23.3. The maximum absolute atomic E-state index is 12.7. The highest BCUT2D eigenvalue weighted by molar-refractivity contribution is 7.84. The molecule has 0 aliphatic carbocycles. The van der Waals surface area contributed by atoms with Crippen LogP contribution in [0.3, 0.4) is 0 Å². The van der Waals surface area contributed by atoms with Crippen molar-refractivity contribution in [2.24, 2.45) is 5.16 Å². The lowest BCUT2D eigenvalue weighted by Crippen LogP contribution is -2.74. The summed E-state index contributed by atoms with van der Waals surface area (Å²) < 4.78 is 32.2. The van der Waals surface area contributed by atoms with Crippen molar-refractivity contribution >= 4 is 67.7 Å². The highest BCUT2D eigenvalue weighted by Gasteiger charge is 2.54. The van der Waals surface area contributed by atoms with Crippen LogP contribution in [-0.4, -0.2) is 83.2 Å². The van der Waals surface area contributed by atoms with Crippen molar-refractivity contribution in [2.45, 2.75) is 19.0 Å². The minimum atomic E-state index is -4.91. The Morgan fingerprint density at radius 2 is 2.10 bits per heavy atom. The van der Waals surface area contributed by atoms with Gasteiger partial charge in [-0.05, 0) is 0 Å². The number of oxime groups is 1. The number of amides is 4. The second-order valence-corrected chi connectivity index (χ2v) is 8.32. The van der Waals surface area contributed by atoms with Gasteiger partial charge in [0, 0.05) is 18.8 Å². The van der Waals surface area contributed by atoms with Crippen LogP contribution in [0, 0.1) is 0 Å². The molecule has 0 radical (unpaired) electrons. The van der Waals surface area contributed by atoms with Crippen LogP contribution in [0.25, 0.3) is 0 Å². The molecule has 1 saturated heterocycles. The Morgan fingerprint density at radius 1 is 1.42 bits per heavy atom. The van der Waals surface area contributed by atoms with Crippen LogP contribution in [0.5, 0.6) is 0 Å². The first-order valence-electron chi connectivity index (χ1n) is 8.28. The van der Waals surface area contributed by atoms with Crippen LogP contribution < -0.4 is 16.0 Å². The molecule has 1 aromatic rings. The summed E-state index contributed by atoms with van der Waals surface area (Å²) in [7, 11) is -3.75. The lowest BCUT2D eigenvalue weighted by atomic mass is 9.98. The first kappa shape index (κ1) is 24.4. The molecule has 17 heteroatoms. The number of carbonyl (C=O) groups is 4. The van der Waals surface area contributed by atoms with E-state index in [2.05, 4.69) is 30.9 Å². The van der Waals surface area contributed by atoms with E-state index in [-0.39, 0.29) is 33.3 Å². The molecular formula is C14H17ClN6O8S2. The predicted octanol–water partition coefficient (Wildman–Crippen LogP) is -1.69. The smallest absolute Gasteiger partial charge is 0.362 e. The van der Waals surface area contributed by atoms with E-state index in [9.17, 15) is 32.1 Å². The lowest BCUT2D eigenvalue weighted by molar-refractivity contribution is -0.145. The van der Waals surface area contributed by atoms with Crippen molar-refractivity contribution in [1.29, 1.82) is 0 Å². The third kappa shape index (κ3) is 5.87.